The Morgan fingerprint density at radius 3 is 2.94 bits per heavy atom. The SMILES string of the molecule is O=C(O)c1cc2cc(C=CCBr)ccc2o1. The fraction of sp³-hybridized carbons (Fsp3) is 0.0833. The van der Waals surface area contributed by atoms with Gasteiger partial charge in [0.05, 0.1) is 0 Å². The van der Waals surface area contributed by atoms with Crippen molar-refractivity contribution < 1.29 is 14.3 Å². The largest absolute Gasteiger partial charge is 0.475 e. The summed E-state index contributed by atoms with van der Waals surface area (Å²) in [6.45, 7) is 0. The second kappa shape index (κ2) is 4.53. The van der Waals surface area contributed by atoms with E-state index in [2.05, 4.69) is 15.9 Å². The highest BCUT2D eigenvalue weighted by molar-refractivity contribution is 9.09. The Hall–Kier alpha value is -1.55. The van der Waals surface area contributed by atoms with Crippen LogP contribution in [0.5, 0.6) is 0 Å². The van der Waals surface area contributed by atoms with E-state index in [0.717, 1.165) is 16.3 Å². The number of alkyl halides is 1. The summed E-state index contributed by atoms with van der Waals surface area (Å²) in [6, 6.07) is 7.08. The standard InChI is InChI=1S/C12H9BrO3/c13-5-1-2-8-3-4-10-9(6-8)7-11(16-10)12(14)15/h1-4,6-7H,5H2,(H,14,15). The molecular formula is C12H9BrO3. The van der Waals surface area contributed by atoms with Crippen LogP contribution in [-0.2, 0) is 0 Å². The van der Waals surface area contributed by atoms with E-state index in [4.69, 9.17) is 9.52 Å². The maximum absolute atomic E-state index is 10.7. The summed E-state index contributed by atoms with van der Waals surface area (Å²) < 4.78 is 5.16. The third kappa shape index (κ3) is 2.17. The number of carbonyl (C=O) groups is 1. The number of aromatic carboxylic acids is 1. The molecule has 4 heteroatoms. The predicted octanol–water partition coefficient (Wildman–Crippen LogP) is 3.54. The highest BCUT2D eigenvalue weighted by Gasteiger charge is 2.09. The van der Waals surface area contributed by atoms with Gasteiger partial charge in [-0.25, -0.2) is 4.79 Å². The molecule has 82 valence electrons. The number of benzene rings is 1. The molecular weight excluding hydrogens is 272 g/mol. The fourth-order valence-electron chi connectivity index (χ4n) is 1.45. The quantitative estimate of drug-likeness (QED) is 0.875. The molecule has 0 aliphatic rings. The van der Waals surface area contributed by atoms with Gasteiger partial charge in [0, 0.05) is 10.7 Å². The van der Waals surface area contributed by atoms with E-state index >= 15 is 0 Å². The first-order valence-electron chi connectivity index (χ1n) is 4.70. The van der Waals surface area contributed by atoms with Crippen LogP contribution in [0.25, 0.3) is 17.0 Å². The minimum atomic E-state index is -1.05. The molecule has 1 aromatic heterocycles. The first-order chi connectivity index (χ1) is 7.70. The summed E-state index contributed by atoms with van der Waals surface area (Å²) in [5, 5.41) is 10.4. The lowest BCUT2D eigenvalue weighted by molar-refractivity contribution is 0.0665. The predicted molar refractivity (Wildman–Crippen MR) is 66.0 cm³/mol. The Labute approximate surface area is 101 Å². The summed E-state index contributed by atoms with van der Waals surface area (Å²) in [5.74, 6) is -1.08. The topological polar surface area (TPSA) is 50.4 Å². The molecule has 0 unspecified atom stereocenters. The van der Waals surface area contributed by atoms with Gasteiger partial charge in [0.15, 0.2) is 0 Å². The third-order valence-corrected chi connectivity index (χ3v) is 2.52. The van der Waals surface area contributed by atoms with Gasteiger partial charge in [-0.2, -0.15) is 0 Å². The van der Waals surface area contributed by atoms with E-state index in [-0.39, 0.29) is 5.76 Å². The van der Waals surface area contributed by atoms with Crippen LogP contribution in [0.4, 0.5) is 0 Å². The van der Waals surface area contributed by atoms with Crippen molar-refractivity contribution in [2.75, 3.05) is 5.33 Å². The van der Waals surface area contributed by atoms with Gasteiger partial charge in [0.25, 0.3) is 0 Å². The van der Waals surface area contributed by atoms with Crippen molar-refractivity contribution in [3.05, 3.63) is 41.7 Å². The normalized spacial score (nSPS) is 11.3. The molecule has 0 bridgehead atoms. The average Bonchev–Trinajstić information content (AvgIpc) is 2.69. The Kier molecular flexibility index (Phi) is 3.10. The number of furan rings is 1. The van der Waals surface area contributed by atoms with Crippen LogP contribution in [0.15, 0.2) is 34.8 Å². The molecule has 1 aromatic carbocycles. The molecule has 0 aliphatic carbocycles. The Balaban J connectivity index is 2.45. The highest BCUT2D eigenvalue weighted by Crippen LogP contribution is 2.21. The molecule has 0 saturated carbocycles. The monoisotopic (exact) mass is 280 g/mol. The number of fused-ring (bicyclic) bond motifs is 1. The van der Waals surface area contributed by atoms with Gasteiger partial charge < -0.3 is 9.52 Å². The van der Waals surface area contributed by atoms with E-state index < -0.39 is 5.97 Å². The zero-order chi connectivity index (χ0) is 11.5. The van der Waals surface area contributed by atoms with Crippen molar-refractivity contribution in [2.45, 2.75) is 0 Å². The van der Waals surface area contributed by atoms with Gasteiger partial charge in [0.2, 0.25) is 5.76 Å². The van der Waals surface area contributed by atoms with Crippen LogP contribution in [0.2, 0.25) is 0 Å². The number of allylic oxidation sites excluding steroid dienone is 1. The van der Waals surface area contributed by atoms with Crippen molar-refractivity contribution in [1.29, 1.82) is 0 Å². The maximum Gasteiger partial charge on any atom is 0.371 e. The lowest BCUT2D eigenvalue weighted by Crippen LogP contribution is -1.91. The molecule has 16 heavy (non-hydrogen) atoms. The number of hydrogen-bond donors (Lipinski definition) is 1. The van der Waals surface area contributed by atoms with E-state index in [9.17, 15) is 4.79 Å². The van der Waals surface area contributed by atoms with Crippen molar-refractivity contribution >= 4 is 38.9 Å². The first kappa shape index (κ1) is 11.0. The van der Waals surface area contributed by atoms with E-state index in [1.54, 1.807) is 6.07 Å². The van der Waals surface area contributed by atoms with Crippen LogP contribution in [-0.4, -0.2) is 16.4 Å². The van der Waals surface area contributed by atoms with Crippen LogP contribution in [0.3, 0.4) is 0 Å². The van der Waals surface area contributed by atoms with E-state index in [1.807, 2.05) is 24.3 Å². The lowest BCUT2D eigenvalue weighted by Gasteiger charge is -1.92. The molecule has 0 aliphatic heterocycles. The van der Waals surface area contributed by atoms with Crippen LogP contribution < -0.4 is 0 Å². The van der Waals surface area contributed by atoms with Gasteiger partial charge in [0.1, 0.15) is 5.58 Å². The molecule has 2 rings (SSSR count). The minimum absolute atomic E-state index is 0.0309. The number of rotatable bonds is 3. The Morgan fingerprint density at radius 2 is 2.25 bits per heavy atom. The molecule has 0 radical (unpaired) electrons. The van der Waals surface area contributed by atoms with Crippen LogP contribution >= 0.6 is 15.9 Å². The van der Waals surface area contributed by atoms with Crippen molar-refractivity contribution in [2.24, 2.45) is 0 Å². The van der Waals surface area contributed by atoms with Gasteiger partial charge >= 0.3 is 5.97 Å². The number of carboxylic acids is 1. The average molecular weight is 281 g/mol. The minimum Gasteiger partial charge on any atom is -0.475 e. The Bertz CT molecular complexity index is 554. The molecule has 0 fully saturated rings. The van der Waals surface area contributed by atoms with E-state index in [1.165, 1.54) is 6.07 Å². The first-order valence-corrected chi connectivity index (χ1v) is 5.82. The van der Waals surface area contributed by atoms with Gasteiger partial charge in [-0.05, 0) is 23.8 Å². The van der Waals surface area contributed by atoms with Gasteiger partial charge in [-0.3, -0.25) is 0 Å². The summed E-state index contributed by atoms with van der Waals surface area (Å²) >= 11 is 3.30. The molecule has 1 heterocycles. The third-order valence-electron chi connectivity index (χ3n) is 2.15. The zero-order valence-corrected chi connectivity index (χ0v) is 9.90. The van der Waals surface area contributed by atoms with Crippen molar-refractivity contribution in [1.82, 2.24) is 0 Å². The fourth-order valence-corrected chi connectivity index (χ4v) is 1.64. The lowest BCUT2D eigenvalue weighted by atomic mass is 10.1. The summed E-state index contributed by atoms with van der Waals surface area (Å²) in [6.07, 6.45) is 3.93. The molecule has 0 saturated heterocycles. The summed E-state index contributed by atoms with van der Waals surface area (Å²) in [5.41, 5.74) is 1.61. The maximum atomic E-state index is 10.7. The number of carboxylic acid groups (broad SMARTS) is 1. The molecule has 0 amide bonds. The highest BCUT2D eigenvalue weighted by atomic mass is 79.9. The second-order valence-electron chi connectivity index (χ2n) is 3.27. The van der Waals surface area contributed by atoms with Gasteiger partial charge in [-0.1, -0.05) is 34.1 Å². The number of hydrogen-bond acceptors (Lipinski definition) is 2. The molecule has 1 N–H and O–H groups in total. The van der Waals surface area contributed by atoms with Gasteiger partial charge in [-0.15, -0.1) is 0 Å². The summed E-state index contributed by atoms with van der Waals surface area (Å²) in [7, 11) is 0. The smallest absolute Gasteiger partial charge is 0.371 e. The zero-order valence-electron chi connectivity index (χ0n) is 8.31. The summed E-state index contributed by atoms with van der Waals surface area (Å²) in [4.78, 5) is 10.7. The van der Waals surface area contributed by atoms with Crippen LogP contribution in [0, 0.1) is 0 Å². The molecule has 0 spiro atoms. The second-order valence-corrected chi connectivity index (χ2v) is 3.92. The molecule has 2 aromatic rings. The van der Waals surface area contributed by atoms with Crippen molar-refractivity contribution in [3.8, 4) is 0 Å². The van der Waals surface area contributed by atoms with Crippen LogP contribution in [0.1, 0.15) is 16.1 Å². The van der Waals surface area contributed by atoms with Crippen molar-refractivity contribution in [3.63, 3.8) is 0 Å². The Morgan fingerprint density at radius 1 is 1.44 bits per heavy atom. The molecule has 0 atom stereocenters. The number of halogens is 1. The molecule has 3 nitrogen and oxygen atoms in total. The van der Waals surface area contributed by atoms with E-state index in [0.29, 0.717) is 5.58 Å².